The molecule has 14 heavy (non-hydrogen) atoms. The Morgan fingerprint density at radius 1 is 1.64 bits per heavy atom. The second-order valence-electron chi connectivity index (χ2n) is 2.71. The Kier molecular flexibility index (Phi) is 2.09. The van der Waals surface area contributed by atoms with Gasteiger partial charge in [-0.2, -0.15) is 0 Å². The quantitative estimate of drug-likeness (QED) is 0.824. The molecule has 0 spiro atoms. The van der Waals surface area contributed by atoms with Crippen molar-refractivity contribution in [3.05, 3.63) is 28.3 Å². The molecule has 0 amide bonds. The minimum absolute atomic E-state index is 0.0916. The maximum absolute atomic E-state index is 10.7. The Balaban J connectivity index is 2.50. The van der Waals surface area contributed by atoms with Crippen LogP contribution in [-0.2, 0) is 0 Å². The number of thiazole rings is 1. The number of carboxylic acids is 1. The van der Waals surface area contributed by atoms with E-state index < -0.39 is 5.97 Å². The molecule has 2 aromatic heterocycles. The lowest BCUT2D eigenvalue weighted by molar-refractivity contribution is 0.0696. The average Bonchev–Trinajstić information content (AvgIpc) is 2.71. The summed E-state index contributed by atoms with van der Waals surface area (Å²) < 4.78 is 5.14. The third-order valence-electron chi connectivity index (χ3n) is 1.73. The number of nitrogens with zero attached hydrogens (tertiary/aromatic N) is 1. The zero-order valence-electron chi connectivity index (χ0n) is 7.35. The Morgan fingerprint density at radius 2 is 2.43 bits per heavy atom. The second kappa shape index (κ2) is 3.26. The topological polar surface area (TPSA) is 63.3 Å². The number of rotatable bonds is 2. The molecule has 1 N–H and O–H groups in total. The molecule has 0 atom stereocenters. The highest BCUT2D eigenvalue weighted by Crippen LogP contribution is 2.27. The van der Waals surface area contributed by atoms with Crippen molar-refractivity contribution in [3.8, 4) is 11.5 Å². The molecule has 0 unspecified atom stereocenters. The van der Waals surface area contributed by atoms with Crippen LogP contribution in [0.15, 0.2) is 22.8 Å². The van der Waals surface area contributed by atoms with Gasteiger partial charge >= 0.3 is 5.97 Å². The Hall–Kier alpha value is -1.62. The average molecular weight is 209 g/mol. The first-order chi connectivity index (χ1) is 6.68. The maximum Gasteiger partial charge on any atom is 0.365 e. The zero-order valence-corrected chi connectivity index (χ0v) is 8.17. The summed E-state index contributed by atoms with van der Waals surface area (Å²) in [6, 6.07) is 3.50. The minimum atomic E-state index is -1.00. The van der Waals surface area contributed by atoms with Crippen LogP contribution in [0.2, 0.25) is 0 Å². The van der Waals surface area contributed by atoms with Crippen LogP contribution in [0.5, 0.6) is 0 Å². The van der Waals surface area contributed by atoms with E-state index in [1.54, 1.807) is 12.1 Å². The Morgan fingerprint density at radius 3 is 2.93 bits per heavy atom. The van der Waals surface area contributed by atoms with Crippen LogP contribution in [0, 0.1) is 6.92 Å². The van der Waals surface area contributed by atoms with Crippen molar-refractivity contribution in [1.82, 2.24) is 4.98 Å². The molecular weight excluding hydrogens is 202 g/mol. The number of furan rings is 1. The van der Waals surface area contributed by atoms with Crippen molar-refractivity contribution in [2.75, 3.05) is 0 Å². The van der Waals surface area contributed by atoms with E-state index in [4.69, 9.17) is 9.52 Å². The molecule has 0 fully saturated rings. The summed E-state index contributed by atoms with van der Waals surface area (Å²) in [5.74, 6) is -0.401. The SMILES string of the molecule is Cc1sc(C(=O)O)nc1-c1ccco1. The van der Waals surface area contributed by atoms with Gasteiger partial charge < -0.3 is 9.52 Å². The lowest BCUT2D eigenvalue weighted by atomic mass is 10.3. The molecule has 0 aliphatic heterocycles. The van der Waals surface area contributed by atoms with Gasteiger partial charge in [-0.15, -0.1) is 11.3 Å². The zero-order chi connectivity index (χ0) is 10.1. The molecule has 2 rings (SSSR count). The van der Waals surface area contributed by atoms with Gasteiger partial charge in [0.15, 0.2) is 5.76 Å². The van der Waals surface area contributed by atoms with Crippen molar-refractivity contribution in [1.29, 1.82) is 0 Å². The first kappa shape index (κ1) is 8.96. The van der Waals surface area contributed by atoms with E-state index in [-0.39, 0.29) is 5.01 Å². The lowest BCUT2D eigenvalue weighted by Crippen LogP contribution is -1.93. The van der Waals surface area contributed by atoms with Crippen molar-refractivity contribution in [3.63, 3.8) is 0 Å². The smallest absolute Gasteiger partial charge is 0.365 e. The van der Waals surface area contributed by atoms with Crippen molar-refractivity contribution < 1.29 is 14.3 Å². The van der Waals surface area contributed by atoms with Crippen LogP contribution >= 0.6 is 11.3 Å². The van der Waals surface area contributed by atoms with E-state index in [0.717, 1.165) is 16.2 Å². The van der Waals surface area contributed by atoms with Gasteiger partial charge in [0.1, 0.15) is 5.69 Å². The lowest BCUT2D eigenvalue weighted by Gasteiger charge is -1.89. The standard InChI is InChI=1S/C9H7NO3S/c1-5-7(6-3-2-4-13-6)10-8(14-5)9(11)12/h2-4H,1H3,(H,11,12). The van der Waals surface area contributed by atoms with E-state index in [1.807, 2.05) is 6.92 Å². The summed E-state index contributed by atoms with van der Waals surface area (Å²) >= 11 is 1.15. The number of carbonyl (C=O) groups is 1. The fourth-order valence-corrected chi connectivity index (χ4v) is 1.89. The van der Waals surface area contributed by atoms with Crippen LogP contribution < -0.4 is 0 Å². The highest BCUT2D eigenvalue weighted by Gasteiger charge is 2.15. The Labute approximate surface area is 83.8 Å². The number of hydrogen-bond acceptors (Lipinski definition) is 4. The summed E-state index contributed by atoms with van der Waals surface area (Å²) in [7, 11) is 0. The molecule has 72 valence electrons. The van der Waals surface area contributed by atoms with Crippen LogP contribution in [-0.4, -0.2) is 16.1 Å². The molecule has 0 radical (unpaired) electrons. The minimum Gasteiger partial charge on any atom is -0.476 e. The highest BCUT2D eigenvalue weighted by atomic mass is 32.1. The molecular formula is C9H7NO3S. The summed E-state index contributed by atoms with van der Waals surface area (Å²) in [4.78, 5) is 15.5. The fraction of sp³-hybridized carbons (Fsp3) is 0.111. The van der Waals surface area contributed by atoms with Gasteiger partial charge in [0.25, 0.3) is 0 Å². The van der Waals surface area contributed by atoms with Crippen molar-refractivity contribution >= 4 is 17.3 Å². The normalized spacial score (nSPS) is 10.4. The summed E-state index contributed by atoms with van der Waals surface area (Å²) in [5, 5.41) is 8.83. The molecule has 0 saturated heterocycles. The van der Waals surface area contributed by atoms with Crippen molar-refractivity contribution in [2.24, 2.45) is 0 Å². The summed E-state index contributed by atoms with van der Waals surface area (Å²) in [5.41, 5.74) is 0.609. The Bertz CT molecular complexity index is 458. The third kappa shape index (κ3) is 1.42. The number of hydrogen-bond donors (Lipinski definition) is 1. The van der Waals surface area contributed by atoms with E-state index in [0.29, 0.717) is 11.5 Å². The third-order valence-corrected chi connectivity index (χ3v) is 2.69. The number of aryl methyl sites for hydroxylation is 1. The monoisotopic (exact) mass is 209 g/mol. The highest BCUT2D eigenvalue weighted by molar-refractivity contribution is 7.13. The van der Waals surface area contributed by atoms with Crippen LogP contribution in [0.25, 0.3) is 11.5 Å². The molecule has 0 aliphatic carbocycles. The van der Waals surface area contributed by atoms with Crippen LogP contribution in [0.4, 0.5) is 0 Å². The fourth-order valence-electron chi connectivity index (χ4n) is 1.13. The van der Waals surface area contributed by atoms with Gasteiger partial charge in [-0.3, -0.25) is 0 Å². The predicted molar refractivity (Wildman–Crippen MR) is 51.5 cm³/mol. The van der Waals surface area contributed by atoms with Gasteiger partial charge in [0.2, 0.25) is 5.01 Å². The molecule has 0 saturated carbocycles. The largest absolute Gasteiger partial charge is 0.476 e. The summed E-state index contributed by atoms with van der Waals surface area (Å²) in [6.45, 7) is 1.82. The van der Waals surface area contributed by atoms with Crippen LogP contribution in [0.3, 0.4) is 0 Å². The molecule has 2 heterocycles. The molecule has 0 aliphatic rings. The molecule has 2 aromatic rings. The predicted octanol–water partition coefficient (Wildman–Crippen LogP) is 2.41. The van der Waals surface area contributed by atoms with E-state index in [1.165, 1.54) is 6.26 Å². The van der Waals surface area contributed by atoms with E-state index in [2.05, 4.69) is 4.98 Å². The number of aromatic carboxylic acids is 1. The van der Waals surface area contributed by atoms with Gasteiger partial charge in [0.05, 0.1) is 6.26 Å². The van der Waals surface area contributed by atoms with Gasteiger partial charge in [-0.25, -0.2) is 9.78 Å². The number of carboxylic acid groups (broad SMARTS) is 1. The molecule has 5 heteroatoms. The van der Waals surface area contributed by atoms with Crippen molar-refractivity contribution in [2.45, 2.75) is 6.92 Å². The number of aromatic nitrogens is 1. The van der Waals surface area contributed by atoms with Gasteiger partial charge in [-0.05, 0) is 19.1 Å². The van der Waals surface area contributed by atoms with Gasteiger partial charge in [-0.1, -0.05) is 0 Å². The first-order valence-electron chi connectivity index (χ1n) is 3.93. The van der Waals surface area contributed by atoms with Gasteiger partial charge in [0, 0.05) is 4.88 Å². The maximum atomic E-state index is 10.7. The van der Waals surface area contributed by atoms with E-state index >= 15 is 0 Å². The second-order valence-corrected chi connectivity index (χ2v) is 3.91. The van der Waals surface area contributed by atoms with E-state index in [9.17, 15) is 4.79 Å². The molecule has 0 bridgehead atoms. The molecule has 0 aromatic carbocycles. The first-order valence-corrected chi connectivity index (χ1v) is 4.74. The molecule has 4 nitrogen and oxygen atoms in total. The van der Waals surface area contributed by atoms with Crippen LogP contribution in [0.1, 0.15) is 14.7 Å². The summed E-state index contributed by atoms with van der Waals surface area (Å²) in [6.07, 6.45) is 1.54.